The summed E-state index contributed by atoms with van der Waals surface area (Å²) in [5, 5.41) is 10.2. The molecule has 5 nitrogen and oxygen atoms in total. The van der Waals surface area contributed by atoms with Crippen molar-refractivity contribution in [2.75, 3.05) is 12.1 Å². The lowest BCUT2D eigenvalue weighted by Crippen LogP contribution is -2.25. The monoisotopic (exact) mass is 279 g/mol. The predicted octanol–water partition coefficient (Wildman–Crippen LogP) is 3.19. The van der Waals surface area contributed by atoms with Gasteiger partial charge < -0.3 is 4.74 Å². The van der Waals surface area contributed by atoms with Crippen LogP contribution in [0.4, 0.5) is 5.69 Å². The molecule has 2 aliphatic rings. The third-order valence-electron chi connectivity index (χ3n) is 3.99. The summed E-state index contributed by atoms with van der Waals surface area (Å²) in [5.74, 6) is 0.838. The highest BCUT2D eigenvalue weighted by atomic mass is 16.5. The summed E-state index contributed by atoms with van der Waals surface area (Å²) in [6, 6.07) is 14.7. The van der Waals surface area contributed by atoms with E-state index >= 15 is 0 Å². The minimum absolute atomic E-state index is 0.0513. The highest BCUT2D eigenvalue weighted by molar-refractivity contribution is 6.06. The highest BCUT2D eigenvalue weighted by Crippen LogP contribution is 2.44. The Morgan fingerprint density at radius 3 is 2.62 bits per heavy atom. The van der Waals surface area contributed by atoms with Crippen molar-refractivity contribution in [3.8, 4) is 5.75 Å². The SMILES string of the molecule is COc1ccc(N2N=NC3C(=O)c4ccccc4C32)cc1. The van der Waals surface area contributed by atoms with Crippen LogP contribution in [-0.2, 0) is 0 Å². The molecule has 1 aliphatic carbocycles. The van der Waals surface area contributed by atoms with E-state index in [-0.39, 0.29) is 11.8 Å². The van der Waals surface area contributed by atoms with Gasteiger partial charge in [-0.05, 0) is 29.8 Å². The molecule has 2 unspecified atom stereocenters. The van der Waals surface area contributed by atoms with E-state index in [2.05, 4.69) is 10.3 Å². The van der Waals surface area contributed by atoms with Crippen LogP contribution < -0.4 is 9.75 Å². The van der Waals surface area contributed by atoms with Crippen LogP contribution in [0.1, 0.15) is 22.0 Å². The second kappa shape index (κ2) is 4.41. The fourth-order valence-electron chi connectivity index (χ4n) is 2.95. The molecule has 2 aromatic rings. The second-order valence-corrected chi connectivity index (χ2v) is 5.09. The van der Waals surface area contributed by atoms with Crippen LogP contribution in [0.5, 0.6) is 5.75 Å². The van der Waals surface area contributed by atoms with Gasteiger partial charge >= 0.3 is 0 Å². The minimum atomic E-state index is -0.426. The van der Waals surface area contributed by atoms with Crippen molar-refractivity contribution in [1.29, 1.82) is 0 Å². The van der Waals surface area contributed by atoms with E-state index in [0.29, 0.717) is 0 Å². The summed E-state index contributed by atoms with van der Waals surface area (Å²) in [6.07, 6.45) is 0. The molecule has 0 amide bonds. The summed E-state index contributed by atoms with van der Waals surface area (Å²) in [5.41, 5.74) is 2.65. The average Bonchev–Trinajstić information content (AvgIpc) is 3.09. The van der Waals surface area contributed by atoms with Crippen molar-refractivity contribution in [3.05, 3.63) is 59.7 Å². The summed E-state index contributed by atoms with van der Waals surface area (Å²) in [7, 11) is 1.63. The molecule has 0 aromatic heterocycles. The Balaban J connectivity index is 1.76. The Labute approximate surface area is 121 Å². The number of methoxy groups -OCH3 is 1. The third-order valence-corrected chi connectivity index (χ3v) is 3.99. The molecular weight excluding hydrogens is 266 g/mol. The summed E-state index contributed by atoms with van der Waals surface area (Å²) < 4.78 is 5.17. The number of hydrogen-bond donors (Lipinski definition) is 0. The maximum absolute atomic E-state index is 12.4. The van der Waals surface area contributed by atoms with Gasteiger partial charge in [0, 0.05) is 5.56 Å². The lowest BCUT2D eigenvalue weighted by atomic mass is 10.1. The highest BCUT2D eigenvalue weighted by Gasteiger charge is 2.47. The van der Waals surface area contributed by atoms with Gasteiger partial charge in [0.25, 0.3) is 0 Å². The number of benzene rings is 2. The van der Waals surface area contributed by atoms with Crippen molar-refractivity contribution < 1.29 is 9.53 Å². The molecule has 4 rings (SSSR count). The third kappa shape index (κ3) is 1.67. The number of fused-ring (bicyclic) bond motifs is 3. The quantitative estimate of drug-likeness (QED) is 0.848. The lowest BCUT2D eigenvalue weighted by molar-refractivity contribution is 0.0971. The fourth-order valence-corrected chi connectivity index (χ4v) is 2.95. The average molecular weight is 279 g/mol. The molecule has 2 aromatic carbocycles. The first kappa shape index (κ1) is 12.1. The van der Waals surface area contributed by atoms with Gasteiger partial charge in [-0.1, -0.05) is 29.5 Å². The molecule has 5 heteroatoms. The zero-order valence-electron chi connectivity index (χ0n) is 11.4. The largest absolute Gasteiger partial charge is 0.497 e. The molecule has 0 fully saturated rings. The Kier molecular flexibility index (Phi) is 2.54. The minimum Gasteiger partial charge on any atom is -0.497 e. The first-order valence-electron chi connectivity index (χ1n) is 6.77. The fraction of sp³-hybridized carbons (Fsp3) is 0.188. The van der Waals surface area contributed by atoms with Crippen molar-refractivity contribution >= 4 is 11.5 Å². The smallest absolute Gasteiger partial charge is 0.192 e. The molecule has 1 aliphatic heterocycles. The van der Waals surface area contributed by atoms with Crippen LogP contribution in [0.2, 0.25) is 0 Å². The second-order valence-electron chi connectivity index (χ2n) is 5.09. The van der Waals surface area contributed by atoms with Gasteiger partial charge in [-0.2, -0.15) is 5.11 Å². The van der Waals surface area contributed by atoms with Crippen LogP contribution in [0.3, 0.4) is 0 Å². The van der Waals surface area contributed by atoms with E-state index in [1.165, 1.54) is 0 Å². The number of hydrogen-bond acceptors (Lipinski definition) is 5. The van der Waals surface area contributed by atoms with Crippen molar-refractivity contribution in [3.63, 3.8) is 0 Å². The number of nitrogens with zero attached hydrogens (tertiary/aromatic N) is 3. The molecule has 0 spiro atoms. The van der Waals surface area contributed by atoms with Crippen LogP contribution >= 0.6 is 0 Å². The van der Waals surface area contributed by atoms with Gasteiger partial charge in [0.15, 0.2) is 11.8 Å². The number of ketones is 1. The van der Waals surface area contributed by atoms with Gasteiger partial charge in [-0.15, -0.1) is 0 Å². The number of carbonyl (C=O) groups excluding carboxylic acids is 1. The molecule has 0 N–H and O–H groups in total. The zero-order valence-corrected chi connectivity index (χ0v) is 11.4. The summed E-state index contributed by atoms with van der Waals surface area (Å²) in [6.45, 7) is 0. The maximum atomic E-state index is 12.4. The maximum Gasteiger partial charge on any atom is 0.192 e. The molecule has 1 heterocycles. The standard InChI is InChI=1S/C16H13N3O2/c1-21-11-8-6-10(7-9-11)19-15-12-4-2-3-5-13(12)16(20)14(15)17-18-19/h2-9,14-15H,1H3. The van der Waals surface area contributed by atoms with Gasteiger partial charge in [-0.3, -0.25) is 4.79 Å². The van der Waals surface area contributed by atoms with E-state index in [1.54, 1.807) is 7.11 Å². The van der Waals surface area contributed by atoms with Crippen LogP contribution in [0, 0.1) is 0 Å². The molecule has 0 saturated carbocycles. The van der Waals surface area contributed by atoms with E-state index in [1.807, 2.05) is 53.5 Å². The Bertz CT molecular complexity index is 739. The molecule has 0 saturated heterocycles. The first-order chi connectivity index (χ1) is 10.3. The molecule has 104 valence electrons. The van der Waals surface area contributed by atoms with Crippen LogP contribution in [-0.4, -0.2) is 18.9 Å². The van der Waals surface area contributed by atoms with Gasteiger partial charge in [0.1, 0.15) is 11.8 Å². The number of rotatable bonds is 2. The summed E-state index contributed by atoms with van der Waals surface area (Å²) >= 11 is 0. The molecule has 2 atom stereocenters. The van der Waals surface area contributed by atoms with Crippen molar-refractivity contribution in [1.82, 2.24) is 0 Å². The lowest BCUT2D eigenvalue weighted by Gasteiger charge is -2.21. The number of ether oxygens (including phenoxy) is 1. The van der Waals surface area contributed by atoms with E-state index in [4.69, 9.17) is 4.74 Å². The Hall–Kier alpha value is -2.69. The van der Waals surface area contributed by atoms with Crippen LogP contribution in [0.25, 0.3) is 0 Å². The zero-order chi connectivity index (χ0) is 14.4. The first-order valence-corrected chi connectivity index (χ1v) is 6.77. The predicted molar refractivity (Wildman–Crippen MR) is 77.6 cm³/mol. The number of anilines is 1. The molecule has 0 bridgehead atoms. The van der Waals surface area contributed by atoms with Crippen molar-refractivity contribution in [2.45, 2.75) is 12.1 Å². The van der Waals surface area contributed by atoms with E-state index < -0.39 is 6.04 Å². The topological polar surface area (TPSA) is 54.3 Å². The van der Waals surface area contributed by atoms with Crippen LogP contribution in [0.15, 0.2) is 58.9 Å². The number of Topliss-reactive ketones (excluding diaryl/α,β-unsaturated/α-hetero) is 1. The van der Waals surface area contributed by atoms with Gasteiger partial charge in [0.05, 0.1) is 12.8 Å². The Morgan fingerprint density at radius 2 is 1.86 bits per heavy atom. The van der Waals surface area contributed by atoms with E-state index in [0.717, 1.165) is 22.6 Å². The van der Waals surface area contributed by atoms with Crippen molar-refractivity contribution in [2.24, 2.45) is 10.3 Å². The van der Waals surface area contributed by atoms with E-state index in [9.17, 15) is 4.79 Å². The molecule has 21 heavy (non-hydrogen) atoms. The number of carbonyl (C=O) groups is 1. The normalized spacial score (nSPS) is 22.3. The Morgan fingerprint density at radius 1 is 1.10 bits per heavy atom. The van der Waals surface area contributed by atoms with Gasteiger partial charge in [0.2, 0.25) is 0 Å². The molecule has 0 radical (unpaired) electrons. The molecular formula is C16H13N3O2. The van der Waals surface area contributed by atoms with Gasteiger partial charge in [-0.25, -0.2) is 5.01 Å². The summed E-state index contributed by atoms with van der Waals surface area (Å²) in [4.78, 5) is 12.4.